The van der Waals surface area contributed by atoms with Gasteiger partial charge in [-0.15, -0.1) is 0 Å². The van der Waals surface area contributed by atoms with Gasteiger partial charge in [-0.2, -0.15) is 13.2 Å². The van der Waals surface area contributed by atoms with Gasteiger partial charge in [0.25, 0.3) is 0 Å². The Balaban J connectivity index is 1.80. The second-order valence-corrected chi connectivity index (χ2v) is 6.13. The first kappa shape index (κ1) is 16.2. The summed E-state index contributed by atoms with van der Waals surface area (Å²) in [5, 5.41) is 9.09. The number of carboxylic acids is 1. The first-order valence-corrected chi connectivity index (χ1v) is 7.68. The molecule has 1 aromatic rings. The summed E-state index contributed by atoms with van der Waals surface area (Å²) in [5.74, 6) is -0.915. The molecule has 0 bridgehead atoms. The van der Waals surface area contributed by atoms with Gasteiger partial charge in [0.2, 0.25) is 0 Å². The number of carbonyl (C=O) groups is 1. The number of alkyl halides is 3. The maximum Gasteiger partial charge on any atom is 0.441 e. The van der Waals surface area contributed by atoms with Crippen LogP contribution in [0.5, 0.6) is 0 Å². The molecule has 2 heterocycles. The molecule has 0 radical (unpaired) electrons. The number of halogens is 3. The summed E-state index contributed by atoms with van der Waals surface area (Å²) < 4.78 is 37.9. The summed E-state index contributed by atoms with van der Waals surface area (Å²) in [6.45, 7) is 1.80. The largest absolute Gasteiger partial charge is 0.477 e. The number of piperidine rings is 1. The second kappa shape index (κ2) is 6.74. The quantitative estimate of drug-likeness (QED) is 0.905. The van der Waals surface area contributed by atoms with Crippen molar-refractivity contribution in [2.75, 3.05) is 25.4 Å². The number of aromatic nitrogens is 1. The second-order valence-electron chi connectivity index (χ2n) is 4.97. The maximum absolute atomic E-state index is 12.1. The molecule has 8 heteroatoms. The van der Waals surface area contributed by atoms with Crippen molar-refractivity contribution in [1.29, 1.82) is 0 Å². The lowest BCUT2D eigenvalue weighted by Gasteiger charge is -2.33. The van der Waals surface area contributed by atoms with Crippen LogP contribution in [0.3, 0.4) is 0 Å². The molecule has 1 saturated heterocycles. The molecule has 1 aromatic heterocycles. The summed E-state index contributed by atoms with van der Waals surface area (Å²) in [7, 11) is 0. The number of rotatable bonds is 5. The van der Waals surface area contributed by atoms with Gasteiger partial charge in [-0.1, -0.05) is 0 Å². The minimum Gasteiger partial charge on any atom is -0.477 e. The van der Waals surface area contributed by atoms with E-state index in [1.807, 2.05) is 4.90 Å². The number of carboxylic acid groups (broad SMARTS) is 1. The molecule has 1 aliphatic heterocycles. The van der Waals surface area contributed by atoms with E-state index in [0.717, 1.165) is 12.8 Å². The van der Waals surface area contributed by atoms with Crippen molar-refractivity contribution in [3.63, 3.8) is 0 Å². The van der Waals surface area contributed by atoms with Gasteiger partial charge in [-0.3, -0.25) is 0 Å². The van der Waals surface area contributed by atoms with Crippen LogP contribution < -0.4 is 0 Å². The average molecular weight is 322 g/mol. The number of nitrogens with zero attached hydrogens (tertiary/aromatic N) is 2. The molecule has 1 N–H and O–H groups in total. The third kappa shape index (κ3) is 4.67. The van der Waals surface area contributed by atoms with Crippen molar-refractivity contribution in [3.05, 3.63) is 24.0 Å². The Labute approximate surface area is 124 Å². The standard InChI is InChI=1S/C13H17F3N2O2S/c14-13(15,16)21-9-8-17-6-3-10(4-7-17)18-5-1-2-11(18)12(19)20/h1-2,5,10H,3-4,6-9H2,(H,19,20). The fourth-order valence-corrected chi connectivity index (χ4v) is 3.19. The van der Waals surface area contributed by atoms with Crippen molar-refractivity contribution in [2.45, 2.75) is 24.4 Å². The van der Waals surface area contributed by atoms with Gasteiger partial charge in [-0.05, 0) is 36.7 Å². The lowest BCUT2D eigenvalue weighted by atomic mass is 10.0. The zero-order valence-corrected chi connectivity index (χ0v) is 12.2. The first-order chi connectivity index (χ1) is 9.87. The minimum absolute atomic E-state index is 0.00755. The van der Waals surface area contributed by atoms with Crippen molar-refractivity contribution < 1.29 is 23.1 Å². The molecule has 21 heavy (non-hydrogen) atoms. The van der Waals surface area contributed by atoms with E-state index in [4.69, 9.17) is 5.11 Å². The molecule has 0 amide bonds. The molecule has 1 aliphatic rings. The zero-order chi connectivity index (χ0) is 15.5. The van der Waals surface area contributed by atoms with Gasteiger partial charge in [0.15, 0.2) is 0 Å². The molecule has 0 atom stereocenters. The van der Waals surface area contributed by atoms with Crippen LogP contribution >= 0.6 is 11.8 Å². The third-order valence-electron chi connectivity index (χ3n) is 3.62. The smallest absolute Gasteiger partial charge is 0.441 e. The molecular formula is C13H17F3N2O2S. The van der Waals surface area contributed by atoms with E-state index in [-0.39, 0.29) is 29.3 Å². The van der Waals surface area contributed by atoms with Crippen molar-refractivity contribution >= 4 is 17.7 Å². The van der Waals surface area contributed by atoms with Crippen LogP contribution in [0.2, 0.25) is 0 Å². The third-order valence-corrected chi connectivity index (χ3v) is 4.34. The summed E-state index contributed by atoms with van der Waals surface area (Å²) >= 11 is 0.00755. The molecule has 0 spiro atoms. The molecule has 2 rings (SSSR count). The van der Waals surface area contributed by atoms with E-state index in [1.165, 1.54) is 0 Å². The first-order valence-electron chi connectivity index (χ1n) is 6.70. The van der Waals surface area contributed by atoms with E-state index in [9.17, 15) is 18.0 Å². The number of likely N-dealkylation sites (tertiary alicyclic amines) is 1. The number of aromatic carboxylic acids is 1. The molecule has 118 valence electrons. The normalized spacial score (nSPS) is 18.0. The van der Waals surface area contributed by atoms with Gasteiger partial charge in [0.05, 0.1) is 0 Å². The van der Waals surface area contributed by atoms with E-state index < -0.39 is 11.5 Å². The van der Waals surface area contributed by atoms with E-state index >= 15 is 0 Å². The Bertz CT molecular complexity index is 482. The van der Waals surface area contributed by atoms with Gasteiger partial charge in [0.1, 0.15) is 5.69 Å². The summed E-state index contributed by atoms with van der Waals surface area (Å²) in [4.78, 5) is 13.1. The highest BCUT2D eigenvalue weighted by Crippen LogP contribution is 2.30. The summed E-state index contributed by atoms with van der Waals surface area (Å²) in [5.41, 5.74) is -3.90. The van der Waals surface area contributed by atoms with Crippen LogP contribution in [-0.4, -0.2) is 51.4 Å². The van der Waals surface area contributed by atoms with Gasteiger partial charge in [-0.25, -0.2) is 4.79 Å². The summed E-state index contributed by atoms with van der Waals surface area (Å²) in [6, 6.07) is 3.38. The predicted octanol–water partition coefficient (Wildman–Crippen LogP) is 3.08. The average Bonchev–Trinajstić information content (AvgIpc) is 2.87. The monoisotopic (exact) mass is 322 g/mol. The van der Waals surface area contributed by atoms with Crippen LogP contribution in [-0.2, 0) is 0 Å². The number of hydrogen-bond acceptors (Lipinski definition) is 3. The molecule has 0 unspecified atom stereocenters. The molecule has 4 nitrogen and oxygen atoms in total. The lowest BCUT2D eigenvalue weighted by Crippen LogP contribution is -2.36. The Hall–Kier alpha value is -1.15. The van der Waals surface area contributed by atoms with Gasteiger partial charge < -0.3 is 14.6 Å². The van der Waals surface area contributed by atoms with Gasteiger partial charge >= 0.3 is 11.5 Å². The highest BCUT2D eigenvalue weighted by Gasteiger charge is 2.29. The van der Waals surface area contributed by atoms with Crippen LogP contribution in [0.25, 0.3) is 0 Å². The zero-order valence-electron chi connectivity index (χ0n) is 11.3. The van der Waals surface area contributed by atoms with Gasteiger partial charge in [0, 0.05) is 37.6 Å². The lowest BCUT2D eigenvalue weighted by molar-refractivity contribution is -0.0329. The van der Waals surface area contributed by atoms with Crippen LogP contribution in [0.4, 0.5) is 13.2 Å². The summed E-state index contributed by atoms with van der Waals surface area (Å²) in [6.07, 6.45) is 3.26. The predicted molar refractivity (Wildman–Crippen MR) is 74.6 cm³/mol. The van der Waals surface area contributed by atoms with Crippen molar-refractivity contribution in [2.24, 2.45) is 0 Å². The van der Waals surface area contributed by atoms with Crippen molar-refractivity contribution in [1.82, 2.24) is 9.47 Å². The van der Waals surface area contributed by atoms with E-state index in [2.05, 4.69) is 0 Å². The highest BCUT2D eigenvalue weighted by atomic mass is 32.2. The van der Waals surface area contributed by atoms with Crippen LogP contribution in [0.1, 0.15) is 29.4 Å². The van der Waals surface area contributed by atoms with E-state index in [1.54, 1.807) is 22.9 Å². The van der Waals surface area contributed by atoms with Crippen molar-refractivity contribution in [3.8, 4) is 0 Å². The fourth-order valence-electron chi connectivity index (χ4n) is 2.60. The minimum atomic E-state index is -4.17. The Kier molecular flexibility index (Phi) is 5.21. The number of thioether (sulfide) groups is 1. The fraction of sp³-hybridized carbons (Fsp3) is 0.615. The molecule has 0 aromatic carbocycles. The molecule has 1 fully saturated rings. The van der Waals surface area contributed by atoms with Crippen LogP contribution in [0, 0.1) is 0 Å². The Morgan fingerprint density at radius 3 is 2.62 bits per heavy atom. The topological polar surface area (TPSA) is 45.5 Å². The maximum atomic E-state index is 12.1. The van der Waals surface area contributed by atoms with E-state index in [0.29, 0.717) is 19.6 Å². The SMILES string of the molecule is O=C(O)c1cccn1C1CCN(CCSC(F)(F)F)CC1. The highest BCUT2D eigenvalue weighted by molar-refractivity contribution is 8.00. The molecular weight excluding hydrogens is 305 g/mol. The molecule has 0 saturated carbocycles. The molecule has 0 aliphatic carbocycles. The number of hydrogen-bond donors (Lipinski definition) is 1. The Morgan fingerprint density at radius 1 is 1.38 bits per heavy atom. The van der Waals surface area contributed by atoms with Crippen LogP contribution in [0.15, 0.2) is 18.3 Å². The Morgan fingerprint density at radius 2 is 2.05 bits per heavy atom.